The van der Waals surface area contributed by atoms with Gasteiger partial charge < -0.3 is 10.2 Å². The standard InChI is InChI=1S/C25H20O2/c26-21-13-11-18-12-14-22(27)25-20(17-9-5-2-6-10-17)15-19(24(21)23(18)25)16-7-3-1-4-8-16/h1-14,19-20,26-27H,15H2. The Balaban J connectivity index is 1.86. The Labute approximate surface area is 158 Å². The fourth-order valence-corrected chi connectivity index (χ4v) is 4.60. The Morgan fingerprint density at radius 1 is 0.556 bits per heavy atom. The Kier molecular flexibility index (Phi) is 3.64. The monoisotopic (exact) mass is 352 g/mol. The summed E-state index contributed by atoms with van der Waals surface area (Å²) in [5.74, 6) is 0.758. The lowest BCUT2D eigenvalue weighted by molar-refractivity contribution is 0.450. The Morgan fingerprint density at radius 2 is 1.00 bits per heavy atom. The number of phenols is 2. The first-order valence-corrected chi connectivity index (χ1v) is 9.31. The fraction of sp³-hybridized carbons (Fsp3) is 0.120. The predicted octanol–water partition coefficient (Wildman–Crippen LogP) is 5.92. The largest absolute Gasteiger partial charge is 0.508 e. The maximum atomic E-state index is 10.8. The van der Waals surface area contributed by atoms with Gasteiger partial charge >= 0.3 is 0 Å². The van der Waals surface area contributed by atoms with Gasteiger partial charge in [-0.15, -0.1) is 0 Å². The third-order valence-electron chi connectivity index (χ3n) is 5.79. The van der Waals surface area contributed by atoms with E-state index in [4.69, 9.17) is 0 Å². The van der Waals surface area contributed by atoms with Crippen LogP contribution in [0.2, 0.25) is 0 Å². The minimum Gasteiger partial charge on any atom is -0.508 e. The van der Waals surface area contributed by atoms with Crippen molar-refractivity contribution in [1.82, 2.24) is 0 Å². The molecule has 0 aliphatic heterocycles. The summed E-state index contributed by atoms with van der Waals surface area (Å²) in [6.45, 7) is 0. The van der Waals surface area contributed by atoms with E-state index in [1.807, 2.05) is 48.5 Å². The van der Waals surface area contributed by atoms with Crippen molar-refractivity contribution in [3.05, 3.63) is 107 Å². The van der Waals surface area contributed by atoms with E-state index in [1.165, 1.54) is 11.1 Å². The topological polar surface area (TPSA) is 40.5 Å². The number of hydrogen-bond acceptors (Lipinski definition) is 2. The molecular weight excluding hydrogens is 332 g/mol. The number of hydrogen-bond donors (Lipinski definition) is 2. The Bertz CT molecular complexity index is 1030. The van der Waals surface area contributed by atoms with Crippen LogP contribution in [0.15, 0.2) is 84.9 Å². The molecule has 1 aliphatic carbocycles. The first kappa shape index (κ1) is 16.0. The summed E-state index contributed by atoms with van der Waals surface area (Å²) >= 11 is 0. The molecule has 4 aromatic rings. The van der Waals surface area contributed by atoms with Crippen molar-refractivity contribution in [2.75, 3.05) is 0 Å². The highest BCUT2D eigenvalue weighted by Crippen LogP contribution is 2.53. The average Bonchev–Trinajstić information content (AvgIpc) is 2.73. The minimum absolute atomic E-state index is 0.0782. The highest BCUT2D eigenvalue weighted by atomic mass is 16.3. The van der Waals surface area contributed by atoms with Crippen molar-refractivity contribution >= 4 is 10.8 Å². The summed E-state index contributed by atoms with van der Waals surface area (Å²) < 4.78 is 0. The van der Waals surface area contributed by atoms with E-state index in [2.05, 4.69) is 24.3 Å². The van der Waals surface area contributed by atoms with E-state index in [0.29, 0.717) is 11.5 Å². The van der Waals surface area contributed by atoms with Gasteiger partial charge in [-0.3, -0.25) is 0 Å². The lowest BCUT2D eigenvalue weighted by Crippen LogP contribution is -2.16. The van der Waals surface area contributed by atoms with Gasteiger partial charge in [0.1, 0.15) is 11.5 Å². The normalized spacial score (nSPS) is 18.5. The van der Waals surface area contributed by atoms with Gasteiger partial charge in [0.2, 0.25) is 0 Å². The molecule has 1 aliphatic rings. The molecule has 2 N–H and O–H groups in total. The minimum atomic E-state index is 0.0782. The molecule has 0 spiro atoms. The quantitative estimate of drug-likeness (QED) is 0.470. The van der Waals surface area contributed by atoms with Crippen molar-refractivity contribution in [1.29, 1.82) is 0 Å². The number of rotatable bonds is 2. The van der Waals surface area contributed by atoms with E-state index in [1.54, 1.807) is 12.1 Å². The van der Waals surface area contributed by atoms with Gasteiger partial charge in [0.15, 0.2) is 0 Å². The molecule has 5 rings (SSSR count). The first-order chi connectivity index (χ1) is 13.2. The van der Waals surface area contributed by atoms with Crippen LogP contribution in [0, 0.1) is 0 Å². The third kappa shape index (κ3) is 2.48. The van der Waals surface area contributed by atoms with Crippen molar-refractivity contribution in [3.63, 3.8) is 0 Å². The first-order valence-electron chi connectivity index (χ1n) is 9.31. The van der Waals surface area contributed by atoms with E-state index in [0.717, 1.165) is 28.3 Å². The molecule has 0 aromatic heterocycles. The predicted molar refractivity (Wildman–Crippen MR) is 108 cm³/mol. The third-order valence-corrected chi connectivity index (χ3v) is 5.79. The summed E-state index contributed by atoms with van der Waals surface area (Å²) in [6.07, 6.45) is 0.811. The van der Waals surface area contributed by atoms with E-state index in [9.17, 15) is 10.2 Å². The maximum Gasteiger partial charge on any atom is 0.120 e. The molecule has 132 valence electrons. The molecule has 2 heteroatoms. The maximum absolute atomic E-state index is 10.8. The van der Waals surface area contributed by atoms with Crippen LogP contribution in [-0.2, 0) is 0 Å². The molecule has 0 radical (unpaired) electrons. The second kappa shape index (κ2) is 6.17. The Morgan fingerprint density at radius 3 is 1.44 bits per heavy atom. The average molecular weight is 352 g/mol. The van der Waals surface area contributed by atoms with Crippen LogP contribution in [0.3, 0.4) is 0 Å². The van der Waals surface area contributed by atoms with Gasteiger partial charge in [-0.25, -0.2) is 0 Å². The molecule has 27 heavy (non-hydrogen) atoms. The van der Waals surface area contributed by atoms with Crippen LogP contribution in [0.25, 0.3) is 10.8 Å². The molecule has 2 unspecified atom stereocenters. The number of benzene rings is 4. The van der Waals surface area contributed by atoms with Crippen LogP contribution < -0.4 is 0 Å². The van der Waals surface area contributed by atoms with Crippen LogP contribution >= 0.6 is 0 Å². The second-order valence-electron chi connectivity index (χ2n) is 7.26. The SMILES string of the molecule is Oc1ccc2ccc(O)c3c2c1C(c1ccccc1)CC3c1ccccc1. The molecule has 0 saturated carbocycles. The smallest absolute Gasteiger partial charge is 0.120 e. The van der Waals surface area contributed by atoms with Gasteiger partial charge in [0.25, 0.3) is 0 Å². The molecule has 0 bridgehead atoms. The summed E-state index contributed by atoms with van der Waals surface area (Å²) in [5.41, 5.74) is 4.24. The van der Waals surface area contributed by atoms with E-state index >= 15 is 0 Å². The second-order valence-corrected chi connectivity index (χ2v) is 7.26. The molecule has 0 amide bonds. The lowest BCUT2D eigenvalue weighted by Gasteiger charge is -2.33. The fourth-order valence-electron chi connectivity index (χ4n) is 4.60. The van der Waals surface area contributed by atoms with Gasteiger partial charge in [-0.05, 0) is 40.5 Å². The van der Waals surface area contributed by atoms with E-state index in [-0.39, 0.29) is 11.8 Å². The van der Waals surface area contributed by atoms with Crippen LogP contribution in [0.5, 0.6) is 11.5 Å². The van der Waals surface area contributed by atoms with Crippen molar-refractivity contribution in [3.8, 4) is 11.5 Å². The summed E-state index contributed by atoms with van der Waals surface area (Å²) in [7, 11) is 0. The molecule has 2 nitrogen and oxygen atoms in total. The van der Waals surface area contributed by atoms with Crippen LogP contribution in [-0.4, -0.2) is 10.2 Å². The summed E-state index contributed by atoms with van der Waals surface area (Å²) in [5, 5.41) is 23.6. The molecular formula is C25H20O2. The molecule has 4 aromatic carbocycles. The zero-order valence-electron chi connectivity index (χ0n) is 14.8. The summed E-state index contributed by atoms with van der Waals surface area (Å²) in [6, 6.07) is 28.1. The summed E-state index contributed by atoms with van der Waals surface area (Å²) in [4.78, 5) is 0. The molecule has 0 fully saturated rings. The molecule has 2 atom stereocenters. The van der Waals surface area contributed by atoms with Crippen molar-refractivity contribution in [2.45, 2.75) is 18.3 Å². The van der Waals surface area contributed by atoms with Gasteiger partial charge in [-0.1, -0.05) is 72.8 Å². The highest BCUT2D eigenvalue weighted by molar-refractivity contribution is 5.95. The van der Waals surface area contributed by atoms with Crippen molar-refractivity contribution < 1.29 is 10.2 Å². The zero-order chi connectivity index (χ0) is 18.4. The molecule has 0 heterocycles. The van der Waals surface area contributed by atoms with Crippen molar-refractivity contribution in [2.24, 2.45) is 0 Å². The number of aromatic hydroxyl groups is 2. The van der Waals surface area contributed by atoms with E-state index < -0.39 is 0 Å². The number of phenolic OH excluding ortho intramolecular Hbond substituents is 2. The van der Waals surface area contributed by atoms with Gasteiger partial charge in [0, 0.05) is 23.0 Å². The lowest BCUT2D eigenvalue weighted by atomic mass is 9.70. The Hall–Kier alpha value is -3.26. The highest BCUT2D eigenvalue weighted by Gasteiger charge is 2.34. The van der Waals surface area contributed by atoms with Gasteiger partial charge in [0.05, 0.1) is 0 Å². The van der Waals surface area contributed by atoms with Crippen LogP contribution in [0.1, 0.15) is 40.5 Å². The van der Waals surface area contributed by atoms with Gasteiger partial charge in [-0.2, -0.15) is 0 Å². The van der Waals surface area contributed by atoms with Crippen LogP contribution in [0.4, 0.5) is 0 Å². The zero-order valence-corrected chi connectivity index (χ0v) is 14.8. The molecule has 0 saturated heterocycles.